The molecule has 1 aliphatic heterocycles. The molecule has 1 aromatic carbocycles. The third-order valence-electron chi connectivity index (χ3n) is 4.99. The molecule has 1 aromatic heterocycles. The molecule has 2 aromatic rings. The average Bonchev–Trinajstić information content (AvgIpc) is 2.60. The van der Waals surface area contributed by atoms with Gasteiger partial charge in [-0.05, 0) is 55.4 Å². The second-order valence-corrected chi connectivity index (χ2v) is 9.00. The van der Waals surface area contributed by atoms with E-state index in [2.05, 4.69) is 50.9 Å². The maximum atomic E-state index is 12.9. The van der Waals surface area contributed by atoms with Gasteiger partial charge in [-0.3, -0.25) is 4.79 Å². The van der Waals surface area contributed by atoms with Crippen LogP contribution >= 0.6 is 11.8 Å². The Hall–Kier alpha value is -1.81. The Morgan fingerprint density at radius 3 is 2.54 bits per heavy atom. The molecule has 0 N–H and O–H groups in total. The van der Waals surface area contributed by atoms with Crippen molar-refractivity contribution in [3.63, 3.8) is 0 Å². The van der Waals surface area contributed by atoms with Crippen LogP contribution in [0.3, 0.4) is 0 Å². The summed E-state index contributed by atoms with van der Waals surface area (Å²) in [4.78, 5) is 20.8. The van der Waals surface area contributed by atoms with E-state index in [0.29, 0.717) is 5.69 Å². The summed E-state index contributed by atoms with van der Waals surface area (Å²) >= 11 is 1.80. The Kier molecular flexibility index (Phi) is 5.71. The molecule has 1 aliphatic rings. The second kappa shape index (κ2) is 7.83. The molecule has 2 heterocycles. The fourth-order valence-corrected chi connectivity index (χ4v) is 4.66. The zero-order valence-corrected chi connectivity index (χ0v) is 17.0. The van der Waals surface area contributed by atoms with E-state index < -0.39 is 0 Å². The van der Waals surface area contributed by atoms with E-state index in [1.54, 1.807) is 11.8 Å². The Bertz CT molecular complexity index is 780. The normalized spacial score (nSPS) is 16.5. The van der Waals surface area contributed by atoms with Gasteiger partial charge in [-0.25, -0.2) is 4.98 Å². The molecule has 138 valence electrons. The molecule has 26 heavy (non-hydrogen) atoms. The van der Waals surface area contributed by atoms with Gasteiger partial charge in [0.25, 0.3) is 5.91 Å². The number of aromatic nitrogens is 1. The fourth-order valence-electron chi connectivity index (χ4n) is 3.61. The van der Waals surface area contributed by atoms with Crippen molar-refractivity contribution in [2.45, 2.75) is 51.2 Å². The summed E-state index contributed by atoms with van der Waals surface area (Å²) in [6.45, 7) is 10.4. The molecule has 4 heteroatoms. The van der Waals surface area contributed by atoms with Crippen LogP contribution < -0.4 is 0 Å². The predicted octanol–water partition coefficient (Wildman–Crippen LogP) is 5.25. The van der Waals surface area contributed by atoms with Gasteiger partial charge in [-0.2, -0.15) is 0 Å². The van der Waals surface area contributed by atoms with Gasteiger partial charge in [0.2, 0.25) is 0 Å². The van der Waals surface area contributed by atoms with Crippen LogP contribution in [-0.2, 0) is 5.75 Å². The first kappa shape index (κ1) is 19.0. The van der Waals surface area contributed by atoms with E-state index >= 15 is 0 Å². The number of nitrogens with zero attached hydrogens (tertiary/aromatic N) is 2. The number of aryl methyl sites for hydroxylation is 2. The van der Waals surface area contributed by atoms with Crippen LogP contribution in [0, 0.1) is 19.3 Å². The summed E-state index contributed by atoms with van der Waals surface area (Å²) in [5.41, 5.74) is 4.31. The number of carbonyl (C=O) groups is 1. The lowest BCUT2D eigenvalue weighted by Gasteiger charge is -2.37. The molecular weight excluding hydrogens is 340 g/mol. The van der Waals surface area contributed by atoms with Gasteiger partial charge in [0.1, 0.15) is 5.69 Å². The number of likely N-dealkylation sites (tertiary alicyclic amines) is 1. The minimum Gasteiger partial charge on any atom is -0.337 e. The van der Waals surface area contributed by atoms with Crippen LogP contribution in [0.25, 0.3) is 0 Å². The van der Waals surface area contributed by atoms with Crippen molar-refractivity contribution in [3.05, 3.63) is 58.9 Å². The monoisotopic (exact) mass is 368 g/mol. The largest absolute Gasteiger partial charge is 0.337 e. The molecule has 0 aliphatic carbocycles. The highest BCUT2D eigenvalue weighted by atomic mass is 32.2. The molecule has 1 fully saturated rings. The summed E-state index contributed by atoms with van der Waals surface area (Å²) in [5, 5.41) is 0. The predicted molar refractivity (Wildman–Crippen MR) is 109 cm³/mol. The molecule has 1 saturated heterocycles. The summed E-state index contributed by atoms with van der Waals surface area (Å²) in [6, 6.07) is 12.2. The third kappa shape index (κ3) is 4.47. The topological polar surface area (TPSA) is 33.2 Å². The van der Waals surface area contributed by atoms with Crippen molar-refractivity contribution < 1.29 is 4.79 Å². The first-order valence-corrected chi connectivity index (χ1v) is 10.3. The zero-order chi connectivity index (χ0) is 18.7. The van der Waals surface area contributed by atoms with Crippen molar-refractivity contribution in [1.29, 1.82) is 0 Å². The van der Waals surface area contributed by atoms with Crippen LogP contribution in [0.5, 0.6) is 0 Å². The van der Waals surface area contributed by atoms with Crippen LogP contribution in [0.4, 0.5) is 0 Å². The molecular formula is C22H28N2OS. The first-order chi connectivity index (χ1) is 12.4. The molecule has 0 radical (unpaired) electrons. The highest BCUT2D eigenvalue weighted by molar-refractivity contribution is 7.98. The molecule has 3 rings (SSSR count). The van der Waals surface area contributed by atoms with Crippen molar-refractivity contribution in [3.8, 4) is 0 Å². The third-order valence-corrected chi connectivity index (χ3v) is 6.36. The van der Waals surface area contributed by atoms with E-state index in [0.717, 1.165) is 31.0 Å². The number of rotatable bonds is 4. The molecule has 0 atom stereocenters. The van der Waals surface area contributed by atoms with Crippen molar-refractivity contribution in [2.75, 3.05) is 13.1 Å². The van der Waals surface area contributed by atoms with Crippen molar-refractivity contribution in [1.82, 2.24) is 9.88 Å². The number of thioether (sulfide) groups is 1. The van der Waals surface area contributed by atoms with Crippen molar-refractivity contribution in [2.24, 2.45) is 5.41 Å². The second-order valence-electron chi connectivity index (χ2n) is 8.02. The average molecular weight is 369 g/mol. The van der Waals surface area contributed by atoms with Crippen LogP contribution in [0.1, 0.15) is 54.0 Å². The lowest BCUT2D eigenvalue weighted by Crippen LogP contribution is -2.43. The number of benzene rings is 1. The summed E-state index contributed by atoms with van der Waals surface area (Å²) in [7, 11) is 0. The number of carbonyl (C=O) groups excluding carboxylic acids is 1. The van der Waals surface area contributed by atoms with Crippen molar-refractivity contribution >= 4 is 17.7 Å². The number of hydrogen-bond donors (Lipinski definition) is 0. The minimum absolute atomic E-state index is 0.0664. The van der Waals surface area contributed by atoms with Gasteiger partial charge in [-0.15, -0.1) is 11.8 Å². The summed E-state index contributed by atoms with van der Waals surface area (Å²) < 4.78 is 0. The van der Waals surface area contributed by atoms with Gasteiger partial charge >= 0.3 is 0 Å². The van der Waals surface area contributed by atoms with E-state index in [1.165, 1.54) is 22.4 Å². The quantitative estimate of drug-likeness (QED) is 0.691. The Labute approximate surface area is 161 Å². The number of hydrogen-bond acceptors (Lipinski definition) is 3. The highest BCUT2D eigenvalue weighted by Crippen LogP contribution is 2.30. The van der Waals surface area contributed by atoms with E-state index in [-0.39, 0.29) is 11.3 Å². The Balaban J connectivity index is 1.71. The molecule has 0 unspecified atom stereocenters. The van der Waals surface area contributed by atoms with Gasteiger partial charge in [0.05, 0.1) is 5.69 Å². The van der Waals surface area contributed by atoms with Gasteiger partial charge in [0.15, 0.2) is 0 Å². The molecule has 0 spiro atoms. The first-order valence-electron chi connectivity index (χ1n) is 9.30. The SMILES string of the molecule is Cc1cccc(C)c1SCc1cccc(C(=O)N2CCCC(C)(C)C2)n1. The van der Waals surface area contributed by atoms with Crippen LogP contribution in [0.15, 0.2) is 41.3 Å². The Morgan fingerprint density at radius 1 is 1.15 bits per heavy atom. The molecule has 1 amide bonds. The van der Waals surface area contributed by atoms with E-state index in [4.69, 9.17) is 0 Å². The van der Waals surface area contributed by atoms with E-state index in [1.807, 2.05) is 23.1 Å². The molecule has 0 bridgehead atoms. The number of amides is 1. The van der Waals surface area contributed by atoms with Gasteiger partial charge in [-0.1, -0.05) is 38.1 Å². The Morgan fingerprint density at radius 2 is 1.85 bits per heavy atom. The van der Waals surface area contributed by atoms with Gasteiger partial charge < -0.3 is 4.90 Å². The zero-order valence-electron chi connectivity index (χ0n) is 16.2. The summed E-state index contributed by atoms with van der Waals surface area (Å²) in [5.74, 6) is 0.842. The smallest absolute Gasteiger partial charge is 0.272 e. The standard InChI is InChI=1S/C22H28N2OS/c1-16-8-5-9-17(2)20(16)26-14-18-10-6-11-19(23-18)21(25)24-13-7-12-22(3,4)15-24/h5-6,8-11H,7,12-15H2,1-4H3. The fraction of sp³-hybridized carbons (Fsp3) is 0.455. The highest BCUT2D eigenvalue weighted by Gasteiger charge is 2.30. The van der Waals surface area contributed by atoms with Crippen LogP contribution in [-0.4, -0.2) is 28.9 Å². The molecule has 0 saturated carbocycles. The van der Waals surface area contributed by atoms with Crippen LogP contribution in [0.2, 0.25) is 0 Å². The number of pyridine rings is 1. The summed E-state index contributed by atoms with van der Waals surface area (Å²) in [6.07, 6.45) is 2.25. The minimum atomic E-state index is 0.0664. The van der Waals surface area contributed by atoms with Gasteiger partial charge in [0, 0.05) is 23.7 Å². The van der Waals surface area contributed by atoms with E-state index in [9.17, 15) is 4.79 Å². The maximum absolute atomic E-state index is 12.9. The maximum Gasteiger partial charge on any atom is 0.272 e. The lowest BCUT2D eigenvalue weighted by atomic mass is 9.84. The molecule has 3 nitrogen and oxygen atoms in total. The number of piperidine rings is 1. The lowest BCUT2D eigenvalue weighted by molar-refractivity contribution is 0.0577.